The summed E-state index contributed by atoms with van der Waals surface area (Å²) in [6, 6.07) is 13.2. The summed E-state index contributed by atoms with van der Waals surface area (Å²) in [5.41, 5.74) is 2.93. The van der Waals surface area contributed by atoms with Crippen LogP contribution in [-0.2, 0) is 6.42 Å². The first kappa shape index (κ1) is 21.5. The van der Waals surface area contributed by atoms with Crippen molar-refractivity contribution in [2.45, 2.75) is 32.7 Å². The molecule has 0 aliphatic rings. The minimum Gasteiger partial charge on any atom is -0.493 e. The van der Waals surface area contributed by atoms with Gasteiger partial charge in [-0.3, -0.25) is 0 Å². The number of imidazole rings is 1. The van der Waals surface area contributed by atoms with Crippen LogP contribution >= 0.6 is 0 Å². The molecule has 2 atom stereocenters. The molecular weight excluding hydrogens is 380 g/mol. The standard InChI is InChI=1S/C23H30N4O3/c1-5-15(2)21(22-25-17-8-6-7-9-18(17)26-22)27-23(28)24-13-12-16-10-11-19(29-3)20(14-16)30-4/h6-11,14-15,21H,5,12-13H2,1-4H3,(H,25,26)(H2,24,27,28)/t15-,21+/m0/s1. The van der Waals surface area contributed by atoms with Crippen molar-refractivity contribution in [3.8, 4) is 11.5 Å². The second-order valence-corrected chi connectivity index (χ2v) is 7.34. The van der Waals surface area contributed by atoms with Crippen LogP contribution in [0.4, 0.5) is 4.79 Å². The fourth-order valence-corrected chi connectivity index (χ4v) is 3.38. The molecule has 2 aromatic carbocycles. The van der Waals surface area contributed by atoms with Crippen molar-refractivity contribution in [3.63, 3.8) is 0 Å². The largest absolute Gasteiger partial charge is 0.493 e. The number of ether oxygens (including phenoxy) is 2. The van der Waals surface area contributed by atoms with Gasteiger partial charge in [0.25, 0.3) is 0 Å². The van der Waals surface area contributed by atoms with E-state index in [1.165, 1.54) is 0 Å². The number of carbonyl (C=O) groups is 1. The number of nitrogens with one attached hydrogen (secondary N) is 3. The average molecular weight is 411 g/mol. The van der Waals surface area contributed by atoms with Crippen LogP contribution in [0.1, 0.15) is 37.7 Å². The van der Waals surface area contributed by atoms with E-state index in [-0.39, 0.29) is 18.0 Å². The normalized spacial score (nSPS) is 12.9. The average Bonchev–Trinajstić information content (AvgIpc) is 3.20. The zero-order valence-electron chi connectivity index (χ0n) is 18.0. The predicted octanol–water partition coefficient (Wildman–Crippen LogP) is 4.21. The SMILES string of the molecule is CC[C@H](C)[C@@H](NC(=O)NCCc1ccc(OC)c(OC)c1)c1nc2ccccc2[nH]1. The highest BCUT2D eigenvalue weighted by Gasteiger charge is 2.23. The molecule has 0 spiro atoms. The van der Waals surface area contributed by atoms with E-state index in [1.807, 2.05) is 42.5 Å². The molecule has 0 saturated heterocycles. The Labute approximate surface area is 177 Å². The molecule has 1 aromatic heterocycles. The van der Waals surface area contributed by atoms with Gasteiger partial charge in [0.15, 0.2) is 11.5 Å². The lowest BCUT2D eigenvalue weighted by molar-refractivity contribution is 0.230. The number of carbonyl (C=O) groups excluding carboxylic acids is 1. The molecule has 0 aliphatic carbocycles. The lowest BCUT2D eigenvalue weighted by Gasteiger charge is -2.22. The summed E-state index contributed by atoms with van der Waals surface area (Å²) in [6.45, 7) is 4.73. The van der Waals surface area contributed by atoms with E-state index in [4.69, 9.17) is 9.47 Å². The molecule has 0 saturated carbocycles. The number of hydrogen-bond donors (Lipinski definition) is 3. The summed E-state index contributed by atoms with van der Waals surface area (Å²) >= 11 is 0. The maximum absolute atomic E-state index is 12.6. The van der Waals surface area contributed by atoms with Gasteiger partial charge in [-0.1, -0.05) is 38.5 Å². The van der Waals surface area contributed by atoms with Gasteiger partial charge in [0.1, 0.15) is 5.82 Å². The lowest BCUT2D eigenvalue weighted by atomic mass is 9.99. The molecule has 0 aliphatic heterocycles. The number of benzene rings is 2. The number of rotatable bonds is 9. The molecule has 0 bridgehead atoms. The first-order chi connectivity index (χ1) is 14.5. The second-order valence-electron chi connectivity index (χ2n) is 7.34. The van der Waals surface area contributed by atoms with Crippen molar-refractivity contribution in [2.24, 2.45) is 5.92 Å². The molecule has 3 aromatic rings. The van der Waals surface area contributed by atoms with E-state index >= 15 is 0 Å². The van der Waals surface area contributed by atoms with Gasteiger partial charge in [0.05, 0.1) is 31.3 Å². The number of nitrogens with zero attached hydrogens (tertiary/aromatic N) is 1. The van der Waals surface area contributed by atoms with E-state index in [0.29, 0.717) is 24.5 Å². The molecule has 0 radical (unpaired) electrons. The molecule has 7 heteroatoms. The Morgan fingerprint density at radius 2 is 1.90 bits per heavy atom. The van der Waals surface area contributed by atoms with Crippen molar-refractivity contribution >= 4 is 17.1 Å². The first-order valence-electron chi connectivity index (χ1n) is 10.3. The third-order valence-corrected chi connectivity index (χ3v) is 5.35. The van der Waals surface area contributed by atoms with Gasteiger partial charge in [-0.15, -0.1) is 0 Å². The molecule has 30 heavy (non-hydrogen) atoms. The summed E-state index contributed by atoms with van der Waals surface area (Å²) in [5, 5.41) is 6.03. The van der Waals surface area contributed by atoms with Crippen LogP contribution in [0.3, 0.4) is 0 Å². The number of para-hydroxylation sites is 2. The van der Waals surface area contributed by atoms with E-state index < -0.39 is 0 Å². The number of fused-ring (bicyclic) bond motifs is 1. The molecule has 2 amide bonds. The summed E-state index contributed by atoms with van der Waals surface area (Å²) in [4.78, 5) is 20.6. The van der Waals surface area contributed by atoms with Crippen LogP contribution in [0.15, 0.2) is 42.5 Å². The Bertz CT molecular complexity index is 952. The Hall–Kier alpha value is -3.22. The number of methoxy groups -OCH3 is 2. The van der Waals surface area contributed by atoms with E-state index in [0.717, 1.165) is 28.8 Å². The fourth-order valence-electron chi connectivity index (χ4n) is 3.38. The summed E-state index contributed by atoms with van der Waals surface area (Å²) in [6.07, 6.45) is 1.61. The maximum Gasteiger partial charge on any atom is 0.315 e. The number of aromatic amines is 1. The van der Waals surface area contributed by atoms with Gasteiger partial charge in [-0.2, -0.15) is 0 Å². The van der Waals surface area contributed by atoms with Gasteiger partial charge >= 0.3 is 6.03 Å². The van der Waals surface area contributed by atoms with E-state index in [2.05, 4.69) is 34.4 Å². The minimum absolute atomic E-state index is 0.191. The highest BCUT2D eigenvalue weighted by atomic mass is 16.5. The lowest BCUT2D eigenvalue weighted by Crippen LogP contribution is -2.41. The third-order valence-electron chi connectivity index (χ3n) is 5.35. The van der Waals surface area contributed by atoms with Crippen molar-refractivity contribution in [1.29, 1.82) is 0 Å². The van der Waals surface area contributed by atoms with Gasteiger partial charge in [0, 0.05) is 6.54 Å². The van der Waals surface area contributed by atoms with Crippen LogP contribution in [0.25, 0.3) is 11.0 Å². The number of urea groups is 1. The molecule has 1 heterocycles. The van der Waals surface area contributed by atoms with E-state index in [1.54, 1.807) is 14.2 Å². The zero-order chi connectivity index (χ0) is 21.5. The third kappa shape index (κ3) is 5.03. The zero-order valence-corrected chi connectivity index (χ0v) is 18.0. The van der Waals surface area contributed by atoms with E-state index in [9.17, 15) is 4.79 Å². The Morgan fingerprint density at radius 1 is 1.13 bits per heavy atom. The van der Waals surface area contributed by atoms with Crippen LogP contribution in [0, 0.1) is 5.92 Å². The van der Waals surface area contributed by atoms with Gasteiger partial charge in [-0.25, -0.2) is 9.78 Å². The van der Waals surface area contributed by atoms with Crippen molar-refractivity contribution in [2.75, 3.05) is 20.8 Å². The van der Waals surface area contributed by atoms with Crippen LogP contribution in [0.2, 0.25) is 0 Å². The highest BCUT2D eigenvalue weighted by Crippen LogP contribution is 2.27. The summed E-state index contributed by atoms with van der Waals surface area (Å²) in [7, 11) is 3.22. The van der Waals surface area contributed by atoms with Crippen molar-refractivity contribution < 1.29 is 14.3 Å². The Kier molecular flexibility index (Phi) is 7.17. The highest BCUT2D eigenvalue weighted by molar-refractivity contribution is 5.76. The molecule has 3 N–H and O–H groups in total. The van der Waals surface area contributed by atoms with Crippen molar-refractivity contribution in [1.82, 2.24) is 20.6 Å². The molecule has 160 valence electrons. The van der Waals surface area contributed by atoms with Crippen LogP contribution in [0.5, 0.6) is 11.5 Å². The van der Waals surface area contributed by atoms with Gasteiger partial charge in [0.2, 0.25) is 0 Å². The molecule has 3 rings (SSSR count). The number of amides is 2. The molecular formula is C23H30N4O3. The number of hydrogen-bond acceptors (Lipinski definition) is 4. The van der Waals surface area contributed by atoms with Gasteiger partial charge in [-0.05, 0) is 42.2 Å². The minimum atomic E-state index is -0.207. The van der Waals surface area contributed by atoms with Crippen molar-refractivity contribution in [3.05, 3.63) is 53.9 Å². The Balaban J connectivity index is 1.61. The number of aromatic nitrogens is 2. The van der Waals surface area contributed by atoms with Crippen LogP contribution < -0.4 is 20.1 Å². The summed E-state index contributed by atoms with van der Waals surface area (Å²) < 4.78 is 10.6. The quantitative estimate of drug-likeness (QED) is 0.493. The monoisotopic (exact) mass is 410 g/mol. The molecule has 0 unspecified atom stereocenters. The Morgan fingerprint density at radius 3 is 2.60 bits per heavy atom. The maximum atomic E-state index is 12.6. The molecule has 0 fully saturated rings. The van der Waals surface area contributed by atoms with Crippen LogP contribution in [-0.4, -0.2) is 36.8 Å². The first-order valence-corrected chi connectivity index (χ1v) is 10.3. The predicted molar refractivity (Wildman–Crippen MR) is 118 cm³/mol. The smallest absolute Gasteiger partial charge is 0.315 e. The molecule has 7 nitrogen and oxygen atoms in total. The fraction of sp³-hybridized carbons (Fsp3) is 0.391. The van der Waals surface area contributed by atoms with Gasteiger partial charge < -0.3 is 25.1 Å². The second kappa shape index (κ2) is 10.0. The summed E-state index contributed by atoms with van der Waals surface area (Å²) in [5.74, 6) is 2.39. The number of H-pyrrole nitrogens is 1. The topological polar surface area (TPSA) is 88.3 Å².